The van der Waals surface area contributed by atoms with E-state index in [9.17, 15) is 0 Å². The lowest BCUT2D eigenvalue weighted by Gasteiger charge is -2.29. The molecule has 0 aliphatic carbocycles. The van der Waals surface area contributed by atoms with Crippen molar-refractivity contribution in [1.29, 1.82) is 0 Å². The molecule has 0 radical (unpaired) electrons. The van der Waals surface area contributed by atoms with Crippen LogP contribution in [0.15, 0.2) is 121 Å². The Morgan fingerprint density at radius 1 is 0.469 bits per heavy atom. The van der Waals surface area contributed by atoms with Crippen molar-refractivity contribution >= 4 is 34.1 Å². The van der Waals surface area contributed by atoms with E-state index in [1.807, 2.05) is 24.3 Å². The maximum Gasteiger partial charge on any atom is 0.147 e. The number of nitrogens with one attached hydrogen (secondary N) is 2. The molecule has 0 aromatic heterocycles. The summed E-state index contributed by atoms with van der Waals surface area (Å²) in [5, 5.41) is 0. The monoisotopic (exact) mass is 656 g/mol. The smallest absolute Gasteiger partial charge is 0.147 e. The Bertz CT molecular complexity index is 1690. The average Bonchev–Trinajstić information content (AvgIpc) is 3.11. The van der Waals surface area contributed by atoms with E-state index in [1.165, 1.54) is 11.1 Å². The SMILES string of the molecule is CCCCNOc1ccc(N(c2ccc(C)cc2)c2ccc(N(c3ccc(ONCCCC)cc3)c3ccc(C(C)(C)C)cc3)cc2)cc1. The Labute approximate surface area is 293 Å². The number of anilines is 6. The molecule has 0 unspecified atom stereocenters. The summed E-state index contributed by atoms with van der Waals surface area (Å²) in [6, 6.07) is 42.8. The van der Waals surface area contributed by atoms with Gasteiger partial charge in [0.1, 0.15) is 11.5 Å². The van der Waals surface area contributed by atoms with Crippen molar-refractivity contribution in [2.45, 2.75) is 72.6 Å². The van der Waals surface area contributed by atoms with Crippen LogP contribution in [0.5, 0.6) is 11.5 Å². The number of aryl methyl sites for hydroxylation is 1. The highest BCUT2D eigenvalue weighted by atomic mass is 16.6. The Morgan fingerprint density at radius 3 is 1.10 bits per heavy atom. The lowest BCUT2D eigenvalue weighted by molar-refractivity contribution is 0.194. The van der Waals surface area contributed by atoms with Crippen LogP contribution >= 0.6 is 0 Å². The van der Waals surface area contributed by atoms with E-state index >= 15 is 0 Å². The van der Waals surface area contributed by atoms with Crippen molar-refractivity contribution in [3.05, 3.63) is 132 Å². The molecule has 0 aliphatic rings. The van der Waals surface area contributed by atoms with E-state index in [4.69, 9.17) is 9.68 Å². The first-order valence-electron chi connectivity index (χ1n) is 17.6. The molecular formula is C43H52N4O2. The van der Waals surface area contributed by atoms with Gasteiger partial charge in [-0.1, -0.05) is 77.3 Å². The molecule has 256 valence electrons. The van der Waals surface area contributed by atoms with E-state index < -0.39 is 0 Å². The molecule has 6 nitrogen and oxygen atoms in total. The lowest BCUT2D eigenvalue weighted by Crippen LogP contribution is -2.19. The molecule has 0 aliphatic heterocycles. The quantitative estimate of drug-likeness (QED) is 0.0814. The molecule has 0 amide bonds. The van der Waals surface area contributed by atoms with Gasteiger partial charge in [-0.05, 0) is 128 Å². The van der Waals surface area contributed by atoms with E-state index in [0.29, 0.717) is 0 Å². The van der Waals surface area contributed by atoms with Crippen molar-refractivity contribution in [3.63, 3.8) is 0 Å². The third kappa shape index (κ3) is 9.65. The summed E-state index contributed by atoms with van der Waals surface area (Å²) < 4.78 is 0. The second-order valence-electron chi connectivity index (χ2n) is 13.5. The zero-order valence-corrected chi connectivity index (χ0v) is 30.0. The van der Waals surface area contributed by atoms with Crippen LogP contribution in [0.3, 0.4) is 0 Å². The van der Waals surface area contributed by atoms with Gasteiger partial charge in [-0.25, -0.2) is 0 Å². The molecule has 0 bridgehead atoms. The molecule has 6 heteroatoms. The molecule has 5 aromatic rings. The molecule has 0 saturated carbocycles. The largest absolute Gasteiger partial charge is 0.409 e. The topological polar surface area (TPSA) is 49.0 Å². The fourth-order valence-corrected chi connectivity index (χ4v) is 5.54. The van der Waals surface area contributed by atoms with Gasteiger partial charge in [0.25, 0.3) is 0 Å². The van der Waals surface area contributed by atoms with Gasteiger partial charge in [-0.3, -0.25) is 0 Å². The summed E-state index contributed by atoms with van der Waals surface area (Å²) in [5.74, 6) is 1.58. The minimum Gasteiger partial charge on any atom is -0.409 e. The summed E-state index contributed by atoms with van der Waals surface area (Å²) in [5.41, 5.74) is 15.1. The first kappa shape index (κ1) is 35.5. The summed E-state index contributed by atoms with van der Waals surface area (Å²) in [7, 11) is 0. The first-order chi connectivity index (χ1) is 23.8. The highest BCUT2D eigenvalue weighted by molar-refractivity contribution is 5.81. The van der Waals surface area contributed by atoms with E-state index in [1.54, 1.807) is 0 Å². The van der Waals surface area contributed by atoms with Crippen LogP contribution in [0.25, 0.3) is 0 Å². The third-order valence-electron chi connectivity index (χ3n) is 8.48. The van der Waals surface area contributed by atoms with Gasteiger partial charge in [-0.2, -0.15) is 11.0 Å². The van der Waals surface area contributed by atoms with Crippen LogP contribution in [-0.2, 0) is 5.41 Å². The number of hydrogen-bond acceptors (Lipinski definition) is 6. The normalized spacial score (nSPS) is 11.3. The van der Waals surface area contributed by atoms with E-state index in [2.05, 4.69) is 159 Å². The van der Waals surface area contributed by atoms with Crippen LogP contribution < -0.4 is 30.4 Å². The minimum atomic E-state index is 0.0735. The molecule has 0 heterocycles. The van der Waals surface area contributed by atoms with Crippen molar-refractivity contribution in [1.82, 2.24) is 11.0 Å². The zero-order valence-electron chi connectivity index (χ0n) is 30.0. The fourth-order valence-electron chi connectivity index (χ4n) is 5.54. The number of nitrogens with zero attached hydrogens (tertiary/aromatic N) is 2. The van der Waals surface area contributed by atoms with Gasteiger partial charge in [0, 0.05) is 47.2 Å². The Kier molecular flexibility index (Phi) is 12.4. The summed E-state index contributed by atoms with van der Waals surface area (Å²) in [6.07, 6.45) is 4.40. The summed E-state index contributed by atoms with van der Waals surface area (Å²) in [4.78, 5) is 16.1. The van der Waals surface area contributed by atoms with Crippen LogP contribution in [0.4, 0.5) is 34.1 Å². The molecule has 5 rings (SSSR count). The summed E-state index contributed by atoms with van der Waals surface area (Å²) in [6.45, 7) is 14.9. The highest BCUT2D eigenvalue weighted by Gasteiger charge is 2.18. The van der Waals surface area contributed by atoms with Gasteiger partial charge < -0.3 is 19.5 Å². The second-order valence-corrected chi connectivity index (χ2v) is 13.5. The predicted molar refractivity (Wildman–Crippen MR) is 206 cm³/mol. The second kappa shape index (κ2) is 17.0. The van der Waals surface area contributed by atoms with Gasteiger partial charge in [-0.15, -0.1) is 0 Å². The van der Waals surface area contributed by atoms with Crippen molar-refractivity contribution in [2.75, 3.05) is 22.9 Å². The van der Waals surface area contributed by atoms with Gasteiger partial charge >= 0.3 is 0 Å². The van der Waals surface area contributed by atoms with Crippen molar-refractivity contribution in [3.8, 4) is 11.5 Å². The highest BCUT2D eigenvalue weighted by Crippen LogP contribution is 2.40. The van der Waals surface area contributed by atoms with Gasteiger partial charge in [0.05, 0.1) is 0 Å². The standard InChI is InChI=1S/C43H52N4O2/c1-7-9-31-44-48-41-27-23-39(24-28-41)46(35-15-11-33(3)12-16-35)37-19-21-38(22-20-37)47(36-17-13-34(14-18-36)43(4,5)6)40-25-29-42(30-26-40)49-45-32-10-8-2/h11-30,44-45H,7-10,31-32H2,1-6H3. The van der Waals surface area contributed by atoms with Gasteiger partial charge in [0.15, 0.2) is 0 Å². The molecule has 5 aromatic carbocycles. The van der Waals surface area contributed by atoms with Crippen LogP contribution in [-0.4, -0.2) is 13.1 Å². The molecule has 0 atom stereocenters. The van der Waals surface area contributed by atoms with Crippen LogP contribution in [0.2, 0.25) is 0 Å². The predicted octanol–water partition coefficient (Wildman–Crippen LogP) is 11.6. The van der Waals surface area contributed by atoms with Gasteiger partial charge in [0.2, 0.25) is 0 Å². The average molecular weight is 657 g/mol. The van der Waals surface area contributed by atoms with Crippen LogP contribution in [0.1, 0.15) is 71.4 Å². The summed E-state index contributed by atoms with van der Waals surface area (Å²) >= 11 is 0. The Hall–Kier alpha value is -4.78. The number of hydroxylamine groups is 2. The zero-order chi connectivity index (χ0) is 34.6. The Morgan fingerprint density at radius 2 is 0.776 bits per heavy atom. The van der Waals surface area contributed by atoms with Crippen molar-refractivity contribution in [2.24, 2.45) is 0 Å². The first-order valence-corrected chi connectivity index (χ1v) is 17.6. The number of benzene rings is 5. The third-order valence-corrected chi connectivity index (χ3v) is 8.48. The Balaban J connectivity index is 1.47. The molecule has 0 fully saturated rings. The number of unbranched alkanes of at least 4 members (excludes halogenated alkanes) is 2. The maximum atomic E-state index is 5.79. The molecule has 49 heavy (non-hydrogen) atoms. The lowest BCUT2D eigenvalue weighted by atomic mass is 9.87. The molecular weight excluding hydrogens is 604 g/mol. The maximum absolute atomic E-state index is 5.79. The molecule has 0 saturated heterocycles. The van der Waals surface area contributed by atoms with Crippen LogP contribution in [0, 0.1) is 6.92 Å². The molecule has 0 spiro atoms. The molecule has 2 N–H and O–H groups in total. The minimum absolute atomic E-state index is 0.0735. The number of rotatable bonds is 16. The fraction of sp³-hybridized carbons (Fsp3) is 0.302. The van der Waals surface area contributed by atoms with E-state index in [-0.39, 0.29) is 5.41 Å². The number of hydrogen-bond donors (Lipinski definition) is 2. The van der Waals surface area contributed by atoms with Crippen molar-refractivity contribution < 1.29 is 9.68 Å². The van der Waals surface area contributed by atoms with E-state index in [0.717, 1.165) is 84.4 Å².